The molecule has 0 aliphatic carbocycles. The Morgan fingerprint density at radius 2 is 2.27 bits per heavy atom. The summed E-state index contributed by atoms with van der Waals surface area (Å²) >= 11 is 0. The molecule has 1 heterocycles. The summed E-state index contributed by atoms with van der Waals surface area (Å²) in [6.45, 7) is 1.91. The number of hydrogen-bond donors (Lipinski definition) is 1. The van der Waals surface area contributed by atoms with Crippen LogP contribution < -0.4 is 0 Å². The molecule has 15 heavy (non-hydrogen) atoms. The van der Waals surface area contributed by atoms with Gasteiger partial charge in [-0.25, -0.2) is 4.79 Å². The van der Waals surface area contributed by atoms with E-state index in [1.165, 1.54) is 0 Å². The molecule has 0 aromatic carbocycles. The zero-order chi connectivity index (χ0) is 11.4. The molecular formula is C9H13NO5. The quantitative estimate of drug-likeness (QED) is 0.654. The third kappa shape index (κ3) is 2.76. The van der Waals surface area contributed by atoms with Gasteiger partial charge in [0, 0.05) is 6.42 Å². The Balaban J connectivity index is 2.47. The summed E-state index contributed by atoms with van der Waals surface area (Å²) in [5.74, 6) is -2.19. The maximum absolute atomic E-state index is 11.1. The Bertz CT molecular complexity index is 288. The molecule has 1 rings (SSSR count). The summed E-state index contributed by atoms with van der Waals surface area (Å²) in [6.07, 6.45) is -0.0858. The van der Waals surface area contributed by atoms with Crippen LogP contribution in [0.15, 0.2) is 0 Å². The minimum atomic E-state index is -1.38. The van der Waals surface area contributed by atoms with E-state index >= 15 is 0 Å². The molecule has 0 spiro atoms. The van der Waals surface area contributed by atoms with Crippen LogP contribution in [0, 0.1) is 0 Å². The smallest absolute Gasteiger partial charge is 0.333 e. The van der Waals surface area contributed by atoms with Gasteiger partial charge in [-0.3, -0.25) is 9.59 Å². The van der Waals surface area contributed by atoms with Crippen molar-refractivity contribution < 1.29 is 24.3 Å². The first kappa shape index (κ1) is 11.6. The molecule has 6 heteroatoms. The second-order valence-corrected chi connectivity index (χ2v) is 3.31. The normalized spacial score (nSPS) is 20.9. The number of nitrogens with zero attached hydrogens (tertiary/aromatic N) is 1. The Kier molecular flexibility index (Phi) is 3.79. The van der Waals surface area contributed by atoms with Crippen LogP contribution in [-0.2, 0) is 19.2 Å². The van der Waals surface area contributed by atoms with Gasteiger partial charge in [-0.15, -0.1) is 0 Å². The fraction of sp³-hybridized carbons (Fsp3) is 0.667. The molecule has 84 valence electrons. The molecule has 1 fully saturated rings. The number of imide groups is 1. The summed E-state index contributed by atoms with van der Waals surface area (Å²) in [4.78, 5) is 37.8. The third-order valence-electron chi connectivity index (χ3n) is 2.01. The van der Waals surface area contributed by atoms with Gasteiger partial charge in [0.1, 0.15) is 6.10 Å². The number of aliphatic hydroxyl groups is 1. The molecule has 1 unspecified atom stereocenters. The van der Waals surface area contributed by atoms with Crippen LogP contribution in [0.1, 0.15) is 32.6 Å². The lowest BCUT2D eigenvalue weighted by atomic mass is 10.3. The van der Waals surface area contributed by atoms with Crippen molar-refractivity contribution in [1.29, 1.82) is 0 Å². The monoisotopic (exact) mass is 215 g/mol. The van der Waals surface area contributed by atoms with Crippen LogP contribution in [0.5, 0.6) is 0 Å². The molecule has 1 N–H and O–H groups in total. The topological polar surface area (TPSA) is 83.9 Å². The lowest BCUT2D eigenvalue weighted by molar-refractivity contribution is -0.198. The first-order valence-corrected chi connectivity index (χ1v) is 4.82. The second kappa shape index (κ2) is 4.88. The minimum absolute atomic E-state index is 0.156. The number of aliphatic hydroxyl groups excluding tert-OH is 1. The van der Waals surface area contributed by atoms with Gasteiger partial charge in [0.25, 0.3) is 11.8 Å². The average Bonchev–Trinajstić information content (AvgIpc) is 2.42. The highest BCUT2D eigenvalue weighted by atomic mass is 16.7. The predicted molar refractivity (Wildman–Crippen MR) is 48.1 cm³/mol. The molecule has 1 aliphatic heterocycles. The number of carbonyl (C=O) groups is 3. The van der Waals surface area contributed by atoms with Gasteiger partial charge in [-0.05, 0) is 6.42 Å². The van der Waals surface area contributed by atoms with E-state index in [0.717, 1.165) is 6.42 Å². The van der Waals surface area contributed by atoms with Gasteiger partial charge in [0.2, 0.25) is 0 Å². The van der Waals surface area contributed by atoms with Crippen LogP contribution in [0.25, 0.3) is 0 Å². The summed E-state index contributed by atoms with van der Waals surface area (Å²) in [7, 11) is 0. The van der Waals surface area contributed by atoms with Crippen molar-refractivity contribution in [2.45, 2.75) is 38.7 Å². The largest absolute Gasteiger partial charge is 0.383 e. The Hall–Kier alpha value is -1.43. The van der Waals surface area contributed by atoms with Crippen LogP contribution >= 0.6 is 0 Å². The predicted octanol–water partition coefficient (Wildman–Crippen LogP) is -0.245. The fourth-order valence-electron chi connectivity index (χ4n) is 1.16. The molecule has 1 atom stereocenters. The van der Waals surface area contributed by atoms with E-state index in [1.807, 2.05) is 6.92 Å². The van der Waals surface area contributed by atoms with E-state index < -0.39 is 23.9 Å². The highest BCUT2D eigenvalue weighted by molar-refractivity contribution is 6.04. The van der Waals surface area contributed by atoms with Gasteiger partial charge < -0.3 is 9.94 Å². The zero-order valence-electron chi connectivity index (χ0n) is 8.43. The molecule has 0 saturated carbocycles. The number of amides is 2. The third-order valence-corrected chi connectivity index (χ3v) is 2.01. The second-order valence-electron chi connectivity index (χ2n) is 3.31. The number of rotatable bonds is 4. The lowest BCUT2D eigenvalue weighted by Gasteiger charge is -2.12. The molecule has 1 saturated heterocycles. The molecule has 0 aromatic heterocycles. The standard InChI is InChI=1S/C9H13NO5/c1-2-3-4-8(13)15-10-7(12)5-6(11)9(10)14/h6,11H,2-5H2,1H3. The van der Waals surface area contributed by atoms with Gasteiger partial charge in [-0.2, -0.15) is 0 Å². The van der Waals surface area contributed by atoms with Crippen molar-refractivity contribution in [1.82, 2.24) is 5.06 Å². The highest BCUT2D eigenvalue weighted by Gasteiger charge is 2.40. The van der Waals surface area contributed by atoms with E-state index in [9.17, 15) is 14.4 Å². The maximum atomic E-state index is 11.1. The maximum Gasteiger partial charge on any atom is 0.333 e. The number of unbranched alkanes of at least 4 members (excludes halogenated alkanes) is 1. The van der Waals surface area contributed by atoms with Gasteiger partial charge in [-0.1, -0.05) is 18.4 Å². The Labute approximate surface area is 86.8 Å². The van der Waals surface area contributed by atoms with Crippen molar-refractivity contribution >= 4 is 17.8 Å². The van der Waals surface area contributed by atoms with Crippen LogP contribution in [-0.4, -0.2) is 34.1 Å². The number of hydroxylamine groups is 2. The van der Waals surface area contributed by atoms with Crippen molar-refractivity contribution in [3.05, 3.63) is 0 Å². The van der Waals surface area contributed by atoms with Gasteiger partial charge in [0.05, 0.1) is 6.42 Å². The van der Waals surface area contributed by atoms with Crippen molar-refractivity contribution in [2.75, 3.05) is 0 Å². The summed E-state index contributed by atoms with van der Waals surface area (Å²) < 4.78 is 0. The minimum Gasteiger partial charge on any atom is -0.383 e. The van der Waals surface area contributed by atoms with E-state index in [4.69, 9.17) is 5.11 Å². The van der Waals surface area contributed by atoms with Crippen molar-refractivity contribution in [3.63, 3.8) is 0 Å². The fourth-order valence-corrected chi connectivity index (χ4v) is 1.16. The average molecular weight is 215 g/mol. The molecule has 2 amide bonds. The molecule has 6 nitrogen and oxygen atoms in total. The Morgan fingerprint density at radius 3 is 2.73 bits per heavy atom. The molecule has 0 aromatic rings. The zero-order valence-corrected chi connectivity index (χ0v) is 8.43. The van der Waals surface area contributed by atoms with E-state index in [2.05, 4.69) is 4.84 Å². The van der Waals surface area contributed by atoms with E-state index in [0.29, 0.717) is 11.5 Å². The van der Waals surface area contributed by atoms with Gasteiger partial charge >= 0.3 is 5.97 Å². The molecular weight excluding hydrogens is 202 g/mol. The SMILES string of the molecule is CCCCC(=O)ON1C(=O)CC(O)C1=O. The van der Waals surface area contributed by atoms with Crippen molar-refractivity contribution in [2.24, 2.45) is 0 Å². The van der Waals surface area contributed by atoms with Gasteiger partial charge in [0.15, 0.2) is 0 Å². The summed E-state index contributed by atoms with van der Waals surface area (Å²) in [5.41, 5.74) is 0. The van der Waals surface area contributed by atoms with Crippen molar-refractivity contribution in [3.8, 4) is 0 Å². The van der Waals surface area contributed by atoms with E-state index in [1.54, 1.807) is 0 Å². The summed E-state index contributed by atoms with van der Waals surface area (Å²) in [5, 5.41) is 9.37. The van der Waals surface area contributed by atoms with Crippen LogP contribution in [0.3, 0.4) is 0 Å². The number of carbonyl (C=O) groups excluding carboxylic acids is 3. The van der Waals surface area contributed by atoms with Crippen LogP contribution in [0.4, 0.5) is 0 Å². The first-order chi connectivity index (χ1) is 7.06. The molecule has 1 aliphatic rings. The number of hydrogen-bond acceptors (Lipinski definition) is 5. The Morgan fingerprint density at radius 1 is 1.60 bits per heavy atom. The summed E-state index contributed by atoms with van der Waals surface area (Å²) in [6, 6.07) is 0. The van der Waals surface area contributed by atoms with E-state index in [-0.39, 0.29) is 12.8 Å². The lowest BCUT2D eigenvalue weighted by Crippen LogP contribution is -2.34. The first-order valence-electron chi connectivity index (χ1n) is 4.82. The molecule has 0 radical (unpaired) electrons. The van der Waals surface area contributed by atoms with Crippen LogP contribution in [0.2, 0.25) is 0 Å². The highest BCUT2D eigenvalue weighted by Crippen LogP contribution is 2.14. The molecule has 0 bridgehead atoms.